The van der Waals surface area contributed by atoms with Crippen molar-refractivity contribution in [1.29, 1.82) is 0 Å². The molecule has 1 fully saturated rings. The molecule has 17 heavy (non-hydrogen) atoms. The van der Waals surface area contributed by atoms with Crippen LogP contribution in [0.25, 0.3) is 0 Å². The maximum absolute atomic E-state index is 12.6. The zero-order valence-electron chi connectivity index (χ0n) is 9.90. The summed E-state index contributed by atoms with van der Waals surface area (Å²) in [5.74, 6) is 1.01. The van der Waals surface area contributed by atoms with Crippen LogP contribution in [0.2, 0.25) is 0 Å². The summed E-state index contributed by atoms with van der Waals surface area (Å²) < 4.78 is 18.0. The first-order chi connectivity index (χ1) is 8.15. The normalized spacial score (nSPS) is 24.4. The van der Waals surface area contributed by atoms with Gasteiger partial charge in [-0.15, -0.1) is 0 Å². The minimum Gasteiger partial charge on any atom is -0.491 e. The highest BCUT2D eigenvalue weighted by Crippen LogP contribution is 2.28. The SMILES string of the molecule is CC1CC1NCC(O)COc1ccc(F)cc1. The number of benzene rings is 1. The zero-order valence-corrected chi connectivity index (χ0v) is 9.90. The third-order valence-electron chi connectivity index (χ3n) is 2.98. The highest BCUT2D eigenvalue weighted by molar-refractivity contribution is 5.22. The molecule has 4 heteroatoms. The Hall–Kier alpha value is -1.13. The van der Waals surface area contributed by atoms with Gasteiger partial charge < -0.3 is 15.2 Å². The lowest BCUT2D eigenvalue weighted by Crippen LogP contribution is -2.33. The van der Waals surface area contributed by atoms with E-state index in [4.69, 9.17) is 4.74 Å². The standard InChI is InChI=1S/C13H18FNO2/c1-9-6-13(9)15-7-11(16)8-17-12-4-2-10(14)3-5-12/h2-5,9,11,13,15-16H,6-8H2,1H3. The summed E-state index contributed by atoms with van der Waals surface area (Å²) in [5, 5.41) is 12.9. The third kappa shape index (κ3) is 3.98. The van der Waals surface area contributed by atoms with E-state index in [-0.39, 0.29) is 12.4 Å². The number of hydrogen-bond donors (Lipinski definition) is 2. The maximum atomic E-state index is 12.6. The van der Waals surface area contributed by atoms with Gasteiger partial charge in [-0.05, 0) is 36.6 Å². The topological polar surface area (TPSA) is 41.5 Å². The van der Waals surface area contributed by atoms with E-state index in [1.54, 1.807) is 12.1 Å². The molecule has 1 aromatic carbocycles. The van der Waals surface area contributed by atoms with Crippen molar-refractivity contribution in [2.75, 3.05) is 13.2 Å². The smallest absolute Gasteiger partial charge is 0.123 e. The van der Waals surface area contributed by atoms with Crippen LogP contribution in [0.4, 0.5) is 4.39 Å². The molecule has 1 aliphatic carbocycles. The Bertz CT molecular complexity index is 355. The molecule has 0 amide bonds. The fraction of sp³-hybridized carbons (Fsp3) is 0.538. The molecule has 3 unspecified atom stereocenters. The largest absolute Gasteiger partial charge is 0.491 e. The molecule has 2 rings (SSSR count). The molecule has 0 aliphatic heterocycles. The zero-order chi connectivity index (χ0) is 12.3. The van der Waals surface area contributed by atoms with Crippen molar-refractivity contribution in [3.8, 4) is 5.75 Å². The molecule has 2 N–H and O–H groups in total. The van der Waals surface area contributed by atoms with E-state index in [1.807, 2.05) is 0 Å². The van der Waals surface area contributed by atoms with Crippen LogP contribution in [-0.4, -0.2) is 30.4 Å². The van der Waals surface area contributed by atoms with Gasteiger partial charge in [0.05, 0.1) is 0 Å². The van der Waals surface area contributed by atoms with E-state index in [0.717, 1.165) is 5.92 Å². The molecule has 0 saturated heterocycles. The summed E-state index contributed by atoms with van der Waals surface area (Å²) in [5.41, 5.74) is 0. The van der Waals surface area contributed by atoms with Crippen LogP contribution in [-0.2, 0) is 0 Å². The van der Waals surface area contributed by atoms with Crippen molar-refractivity contribution < 1.29 is 14.2 Å². The second kappa shape index (κ2) is 5.47. The first-order valence-electron chi connectivity index (χ1n) is 5.95. The van der Waals surface area contributed by atoms with Crippen LogP contribution in [0.15, 0.2) is 24.3 Å². The van der Waals surface area contributed by atoms with Gasteiger partial charge in [-0.3, -0.25) is 0 Å². The van der Waals surface area contributed by atoms with E-state index >= 15 is 0 Å². The summed E-state index contributed by atoms with van der Waals surface area (Å²) in [6, 6.07) is 6.34. The summed E-state index contributed by atoms with van der Waals surface area (Å²) >= 11 is 0. The summed E-state index contributed by atoms with van der Waals surface area (Å²) in [6.07, 6.45) is 0.652. The van der Waals surface area contributed by atoms with Crippen molar-refractivity contribution in [2.45, 2.75) is 25.5 Å². The lowest BCUT2D eigenvalue weighted by Gasteiger charge is -2.13. The number of aliphatic hydroxyl groups excluding tert-OH is 1. The van der Waals surface area contributed by atoms with E-state index in [9.17, 15) is 9.50 Å². The molecule has 1 aliphatic rings. The van der Waals surface area contributed by atoms with E-state index in [0.29, 0.717) is 18.3 Å². The Morgan fingerprint density at radius 2 is 2.12 bits per heavy atom. The van der Waals surface area contributed by atoms with Gasteiger partial charge in [0, 0.05) is 12.6 Å². The maximum Gasteiger partial charge on any atom is 0.123 e. The lowest BCUT2D eigenvalue weighted by atomic mass is 10.3. The second-order valence-electron chi connectivity index (χ2n) is 4.65. The Labute approximate surface area is 101 Å². The molecule has 1 saturated carbocycles. The van der Waals surface area contributed by atoms with Gasteiger partial charge in [0.2, 0.25) is 0 Å². The Morgan fingerprint density at radius 1 is 1.47 bits per heavy atom. The lowest BCUT2D eigenvalue weighted by molar-refractivity contribution is 0.106. The Morgan fingerprint density at radius 3 is 2.71 bits per heavy atom. The fourth-order valence-electron chi connectivity index (χ4n) is 1.68. The first-order valence-corrected chi connectivity index (χ1v) is 5.95. The average Bonchev–Trinajstić information content (AvgIpc) is 3.02. The van der Waals surface area contributed by atoms with Crippen LogP contribution in [0, 0.1) is 11.7 Å². The number of rotatable bonds is 6. The van der Waals surface area contributed by atoms with Crippen molar-refractivity contribution in [1.82, 2.24) is 5.32 Å². The summed E-state index contributed by atoms with van der Waals surface area (Å²) in [6.45, 7) is 2.94. The molecule has 94 valence electrons. The predicted molar refractivity (Wildman–Crippen MR) is 63.5 cm³/mol. The highest BCUT2D eigenvalue weighted by Gasteiger charge is 2.32. The molecule has 1 aromatic rings. The van der Waals surface area contributed by atoms with Crippen LogP contribution in [0.5, 0.6) is 5.75 Å². The molecule has 3 nitrogen and oxygen atoms in total. The number of ether oxygens (including phenoxy) is 1. The number of aliphatic hydroxyl groups is 1. The average molecular weight is 239 g/mol. The molecule has 0 spiro atoms. The number of halogens is 1. The van der Waals surface area contributed by atoms with Gasteiger partial charge in [0.15, 0.2) is 0 Å². The molecule has 3 atom stereocenters. The van der Waals surface area contributed by atoms with E-state index in [1.165, 1.54) is 18.6 Å². The van der Waals surface area contributed by atoms with Crippen molar-refractivity contribution in [3.63, 3.8) is 0 Å². The number of hydrogen-bond acceptors (Lipinski definition) is 3. The van der Waals surface area contributed by atoms with Crippen molar-refractivity contribution in [3.05, 3.63) is 30.1 Å². The summed E-state index contributed by atoms with van der Waals surface area (Å²) in [7, 11) is 0. The predicted octanol–water partition coefficient (Wildman–Crippen LogP) is 1.56. The Balaban J connectivity index is 1.65. The molecule has 0 radical (unpaired) electrons. The van der Waals surface area contributed by atoms with Crippen LogP contribution < -0.4 is 10.1 Å². The van der Waals surface area contributed by atoms with Crippen LogP contribution in [0.1, 0.15) is 13.3 Å². The van der Waals surface area contributed by atoms with Gasteiger partial charge in [-0.25, -0.2) is 4.39 Å². The van der Waals surface area contributed by atoms with Gasteiger partial charge in [-0.1, -0.05) is 6.92 Å². The quantitative estimate of drug-likeness (QED) is 0.791. The Kier molecular flexibility index (Phi) is 3.97. The van der Waals surface area contributed by atoms with Gasteiger partial charge >= 0.3 is 0 Å². The van der Waals surface area contributed by atoms with Crippen molar-refractivity contribution >= 4 is 0 Å². The summed E-state index contributed by atoms with van der Waals surface area (Å²) in [4.78, 5) is 0. The van der Waals surface area contributed by atoms with Crippen LogP contribution in [0.3, 0.4) is 0 Å². The number of nitrogens with one attached hydrogen (secondary N) is 1. The van der Waals surface area contributed by atoms with E-state index in [2.05, 4.69) is 12.2 Å². The first kappa shape index (κ1) is 12.3. The van der Waals surface area contributed by atoms with Gasteiger partial charge in [-0.2, -0.15) is 0 Å². The fourth-order valence-corrected chi connectivity index (χ4v) is 1.68. The highest BCUT2D eigenvalue weighted by atomic mass is 19.1. The minimum absolute atomic E-state index is 0.222. The van der Waals surface area contributed by atoms with Crippen LogP contribution >= 0.6 is 0 Å². The molecular formula is C13H18FNO2. The third-order valence-corrected chi connectivity index (χ3v) is 2.98. The van der Waals surface area contributed by atoms with Gasteiger partial charge in [0.25, 0.3) is 0 Å². The second-order valence-corrected chi connectivity index (χ2v) is 4.65. The molecule has 0 aromatic heterocycles. The monoisotopic (exact) mass is 239 g/mol. The van der Waals surface area contributed by atoms with Gasteiger partial charge in [0.1, 0.15) is 24.3 Å². The molecule has 0 bridgehead atoms. The molecule has 0 heterocycles. The van der Waals surface area contributed by atoms with Crippen molar-refractivity contribution in [2.24, 2.45) is 5.92 Å². The van der Waals surface area contributed by atoms with E-state index < -0.39 is 6.10 Å². The minimum atomic E-state index is -0.534. The molecular weight excluding hydrogens is 221 g/mol.